The molecule has 0 saturated heterocycles. The van der Waals surface area contributed by atoms with Gasteiger partial charge in [0.25, 0.3) is 5.91 Å². The molecule has 20 heavy (non-hydrogen) atoms. The maximum Gasteiger partial charge on any atom is 0.325 e. The third-order valence-electron chi connectivity index (χ3n) is 2.74. The smallest absolute Gasteiger partial charge is 0.325 e. The number of hydrogen-bond donors (Lipinski definition) is 0. The molecule has 1 aromatic carbocycles. The summed E-state index contributed by atoms with van der Waals surface area (Å²) < 4.78 is 10.1. The zero-order chi connectivity index (χ0) is 15.0. The summed E-state index contributed by atoms with van der Waals surface area (Å²) in [6.07, 6.45) is 0.764. The lowest BCUT2D eigenvalue weighted by Crippen LogP contribution is -2.37. The number of methoxy groups -OCH3 is 1. The van der Waals surface area contributed by atoms with Gasteiger partial charge in [0.2, 0.25) is 0 Å². The molecule has 0 fully saturated rings. The Morgan fingerprint density at radius 1 is 1.20 bits per heavy atom. The van der Waals surface area contributed by atoms with E-state index in [1.165, 1.54) is 12.0 Å². The molecule has 0 bridgehead atoms. The van der Waals surface area contributed by atoms with Crippen molar-refractivity contribution >= 4 is 11.9 Å². The van der Waals surface area contributed by atoms with Crippen molar-refractivity contribution in [3.63, 3.8) is 0 Å². The monoisotopic (exact) mass is 279 g/mol. The van der Waals surface area contributed by atoms with Crippen molar-refractivity contribution in [2.45, 2.75) is 20.3 Å². The van der Waals surface area contributed by atoms with E-state index in [9.17, 15) is 9.59 Å². The quantitative estimate of drug-likeness (QED) is 0.717. The Hall–Kier alpha value is -2.04. The average molecular weight is 279 g/mol. The molecule has 5 nitrogen and oxygen atoms in total. The Morgan fingerprint density at radius 2 is 1.90 bits per heavy atom. The summed E-state index contributed by atoms with van der Waals surface area (Å²) in [6.45, 7) is 4.45. The van der Waals surface area contributed by atoms with Crippen LogP contribution in [0.5, 0.6) is 5.75 Å². The summed E-state index contributed by atoms with van der Waals surface area (Å²) in [6, 6.07) is 6.98. The second-order valence-corrected chi connectivity index (χ2v) is 4.23. The van der Waals surface area contributed by atoms with E-state index in [2.05, 4.69) is 0 Å². The molecule has 0 aliphatic carbocycles. The lowest BCUT2D eigenvalue weighted by Gasteiger charge is -2.22. The highest BCUT2D eigenvalue weighted by Gasteiger charge is 2.21. The molecule has 5 heteroatoms. The number of carbonyl (C=O) groups is 2. The van der Waals surface area contributed by atoms with Gasteiger partial charge in [-0.15, -0.1) is 0 Å². The first-order valence-corrected chi connectivity index (χ1v) is 6.71. The van der Waals surface area contributed by atoms with Gasteiger partial charge in [0.1, 0.15) is 12.3 Å². The van der Waals surface area contributed by atoms with Gasteiger partial charge in [0, 0.05) is 6.54 Å². The summed E-state index contributed by atoms with van der Waals surface area (Å²) in [7, 11) is 1.52. The molecular formula is C15H21NO4. The second-order valence-electron chi connectivity index (χ2n) is 4.23. The summed E-state index contributed by atoms with van der Waals surface area (Å²) in [5.41, 5.74) is 0.452. The average Bonchev–Trinajstić information content (AvgIpc) is 2.46. The molecule has 110 valence electrons. The zero-order valence-electron chi connectivity index (χ0n) is 12.2. The summed E-state index contributed by atoms with van der Waals surface area (Å²) >= 11 is 0. The number of hydrogen-bond acceptors (Lipinski definition) is 4. The molecule has 0 aliphatic heterocycles. The maximum absolute atomic E-state index is 12.5. The van der Waals surface area contributed by atoms with E-state index >= 15 is 0 Å². The fourth-order valence-electron chi connectivity index (χ4n) is 1.88. The first-order chi connectivity index (χ1) is 9.63. The number of benzene rings is 1. The predicted octanol–water partition coefficient (Wildman–Crippen LogP) is 2.11. The van der Waals surface area contributed by atoms with Crippen molar-refractivity contribution in [3.05, 3.63) is 29.8 Å². The van der Waals surface area contributed by atoms with Crippen LogP contribution in [0.2, 0.25) is 0 Å². The number of amides is 1. The van der Waals surface area contributed by atoms with Crippen LogP contribution < -0.4 is 4.74 Å². The summed E-state index contributed by atoms with van der Waals surface area (Å²) in [5.74, 6) is -0.121. The minimum atomic E-state index is -0.399. The standard InChI is InChI=1S/C15H21NO4/c1-4-10-16(11-14(17)20-5-2)15(18)12-8-6-7-9-13(12)19-3/h6-9H,4-5,10-11H2,1-3H3. The van der Waals surface area contributed by atoms with Gasteiger partial charge in [-0.1, -0.05) is 19.1 Å². The van der Waals surface area contributed by atoms with Gasteiger partial charge in [0.05, 0.1) is 19.3 Å². The lowest BCUT2D eigenvalue weighted by atomic mass is 10.1. The molecule has 0 saturated carbocycles. The van der Waals surface area contributed by atoms with Crippen LogP contribution in [-0.4, -0.2) is 43.6 Å². The number of rotatable bonds is 7. The molecular weight excluding hydrogens is 258 g/mol. The molecule has 1 aromatic rings. The Balaban J connectivity index is 2.90. The number of esters is 1. The van der Waals surface area contributed by atoms with Crippen molar-refractivity contribution < 1.29 is 19.1 Å². The highest BCUT2D eigenvalue weighted by atomic mass is 16.5. The predicted molar refractivity (Wildman–Crippen MR) is 75.8 cm³/mol. The van der Waals surface area contributed by atoms with Crippen molar-refractivity contribution in [1.29, 1.82) is 0 Å². The van der Waals surface area contributed by atoms with Crippen LogP contribution in [0.3, 0.4) is 0 Å². The van der Waals surface area contributed by atoms with E-state index in [0.29, 0.717) is 24.5 Å². The van der Waals surface area contributed by atoms with Crippen LogP contribution in [0.15, 0.2) is 24.3 Å². The number of nitrogens with zero attached hydrogens (tertiary/aromatic N) is 1. The molecule has 0 N–H and O–H groups in total. The van der Waals surface area contributed by atoms with Crippen LogP contribution >= 0.6 is 0 Å². The van der Waals surface area contributed by atoms with E-state index in [1.807, 2.05) is 6.92 Å². The van der Waals surface area contributed by atoms with Gasteiger partial charge in [-0.3, -0.25) is 9.59 Å². The van der Waals surface area contributed by atoms with Crippen LogP contribution in [0.1, 0.15) is 30.6 Å². The van der Waals surface area contributed by atoms with Gasteiger partial charge >= 0.3 is 5.97 Å². The Bertz CT molecular complexity index is 459. The van der Waals surface area contributed by atoms with Crippen LogP contribution in [-0.2, 0) is 9.53 Å². The highest BCUT2D eigenvalue weighted by Crippen LogP contribution is 2.19. The fourth-order valence-corrected chi connectivity index (χ4v) is 1.88. The van der Waals surface area contributed by atoms with Crippen LogP contribution in [0, 0.1) is 0 Å². The maximum atomic E-state index is 12.5. The molecule has 0 aliphatic rings. The molecule has 1 rings (SSSR count). The van der Waals surface area contributed by atoms with E-state index in [0.717, 1.165) is 6.42 Å². The van der Waals surface area contributed by atoms with Crippen LogP contribution in [0.25, 0.3) is 0 Å². The fraction of sp³-hybridized carbons (Fsp3) is 0.467. The third kappa shape index (κ3) is 4.26. The zero-order valence-corrected chi connectivity index (χ0v) is 12.2. The molecule has 0 spiro atoms. The summed E-state index contributed by atoms with van der Waals surface area (Å²) in [5, 5.41) is 0. The number of ether oxygens (including phenoxy) is 2. The van der Waals surface area contributed by atoms with E-state index < -0.39 is 5.97 Å². The van der Waals surface area contributed by atoms with Gasteiger partial charge in [0.15, 0.2) is 0 Å². The minimum Gasteiger partial charge on any atom is -0.496 e. The topological polar surface area (TPSA) is 55.8 Å². The van der Waals surface area contributed by atoms with Crippen molar-refractivity contribution in [1.82, 2.24) is 4.90 Å². The van der Waals surface area contributed by atoms with E-state index in [-0.39, 0.29) is 12.5 Å². The van der Waals surface area contributed by atoms with Crippen molar-refractivity contribution in [2.24, 2.45) is 0 Å². The van der Waals surface area contributed by atoms with Gasteiger partial charge in [-0.05, 0) is 25.5 Å². The lowest BCUT2D eigenvalue weighted by molar-refractivity contribution is -0.143. The normalized spacial score (nSPS) is 9.95. The SMILES string of the molecule is CCCN(CC(=O)OCC)C(=O)c1ccccc1OC. The largest absolute Gasteiger partial charge is 0.496 e. The number of carbonyl (C=O) groups excluding carboxylic acids is 2. The first-order valence-electron chi connectivity index (χ1n) is 6.71. The van der Waals surface area contributed by atoms with E-state index in [4.69, 9.17) is 9.47 Å². The first kappa shape index (κ1) is 16.0. The van der Waals surface area contributed by atoms with Crippen molar-refractivity contribution in [2.75, 3.05) is 26.8 Å². The Morgan fingerprint density at radius 3 is 2.50 bits per heavy atom. The molecule has 0 atom stereocenters. The number of para-hydroxylation sites is 1. The highest BCUT2D eigenvalue weighted by molar-refractivity contribution is 5.98. The minimum absolute atomic E-state index is 0.0431. The van der Waals surface area contributed by atoms with Gasteiger partial charge < -0.3 is 14.4 Å². The molecule has 1 amide bonds. The van der Waals surface area contributed by atoms with Gasteiger partial charge in [-0.25, -0.2) is 0 Å². The molecule has 0 heterocycles. The molecule has 0 unspecified atom stereocenters. The second kappa shape index (κ2) is 8.19. The van der Waals surface area contributed by atoms with Crippen LogP contribution in [0.4, 0.5) is 0 Å². The molecule has 0 radical (unpaired) electrons. The Kier molecular flexibility index (Phi) is 6.56. The summed E-state index contributed by atoms with van der Waals surface area (Å²) in [4.78, 5) is 25.5. The van der Waals surface area contributed by atoms with Gasteiger partial charge in [-0.2, -0.15) is 0 Å². The molecule has 0 aromatic heterocycles. The van der Waals surface area contributed by atoms with Crippen molar-refractivity contribution in [3.8, 4) is 5.75 Å². The third-order valence-corrected chi connectivity index (χ3v) is 2.74. The van der Waals surface area contributed by atoms with E-state index in [1.54, 1.807) is 31.2 Å². The Labute approximate surface area is 119 Å².